The largest absolute Gasteiger partial charge is 0.348 e. The van der Waals surface area contributed by atoms with Crippen molar-refractivity contribution in [2.75, 3.05) is 0 Å². The quantitative estimate of drug-likeness (QED) is 0.739. The second kappa shape index (κ2) is 7.69. The summed E-state index contributed by atoms with van der Waals surface area (Å²) in [5, 5.41) is 23.0. The molecule has 1 saturated carbocycles. The average Bonchev–Trinajstić information content (AvgIpc) is 3.33. The van der Waals surface area contributed by atoms with Gasteiger partial charge >= 0.3 is 0 Å². The Morgan fingerprint density at radius 2 is 2.07 bits per heavy atom. The number of hydrogen-bond acceptors (Lipinski definition) is 7. The Hall–Kier alpha value is -2.78. The third-order valence-electron chi connectivity index (χ3n) is 5.57. The molecule has 2 aromatic heterocycles. The Labute approximate surface area is 167 Å². The molecule has 4 rings (SSSR count). The van der Waals surface area contributed by atoms with Gasteiger partial charge in [0.2, 0.25) is 0 Å². The van der Waals surface area contributed by atoms with Gasteiger partial charge in [-0.3, -0.25) is 10.2 Å². The third kappa shape index (κ3) is 3.50. The maximum atomic E-state index is 12.7. The lowest BCUT2D eigenvalue weighted by Crippen LogP contribution is -2.44. The summed E-state index contributed by atoms with van der Waals surface area (Å²) in [5.41, 5.74) is 8.97. The van der Waals surface area contributed by atoms with E-state index >= 15 is 0 Å². The molecule has 2 aromatic rings. The lowest BCUT2D eigenvalue weighted by atomic mass is 9.78. The molecule has 4 unspecified atom stereocenters. The Morgan fingerprint density at radius 3 is 2.79 bits per heavy atom. The van der Waals surface area contributed by atoms with Crippen LogP contribution in [0.25, 0.3) is 0 Å². The summed E-state index contributed by atoms with van der Waals surface area (Å²) in [6, 6.07) is 8.43. The molecule has 7 nitrogen and oxygen atoms in total. The zero-order valence-corrected chi connectivity index (χ0v) is 16.2. The number of rotatable bonds is 3. The van der Waals surface area contributed by atoms with Gasteiger partial charge in [0.1, 0.15) is 17.8 Å². The van der Waals surface area contributed by atoms with E-state index in [9.17, 15) is 4.79 Å². The Morgan fingerprint density at radius 1 is 1.25 bits per heavy atom. The van der Waals surface area contributed by atoms with E-state index in [0.717, 1.165) is 24.1 Å². The summed E-state index contributed by atoms with van der Waals surface area (Å²) in [4.78, 5) is 18.0. The molecule has 2 aliphatic rings. The first-order chi connectivity index (χ1) is 13.6. The fourth-order valence-corrected chi connectivity index (χ4v) is 5.13. The molecule has 0 bridgehead atoms. The van der Waals surface area contributed by atoms with Gasteiger partial charge in [-0.2, -0.15) is 10.5 Å². The standard InChI is InChI=1S/C20H20N6OS/c1-11-4-12(7-21)9-23-18(11)20(27)24-14-2-3-16-15(6-14)19(26-25-16)17-5-13(8-22)10-28-17/h4-5,9-10,14-16,19,25-26H,2-3,6H2,1H3,(H,24,27). The SMILES string of the molecule is Cc1cc(C#N)cnc1C(=O)NC1CCC2NNC(c3cc(C#N)cs3)C2C1. The molecule has 28 heavy (non-hydrogen) atoms. The summed E-state index contributed by atoms with van der Waals surface area (Å²) in [6.07, 6.45) is 4.16. The molecule has 1 aliphatic heterocycles. The number of hydrogen-bond donors (Lipinski definition) is 3. The van der Waals surface area contributed by atoms with E-state index in [0.29, 0.717) is 34.3 Å². The highest BCUT2D eigenvalue weighted by atomic mass is 32.1. The number of pyridine rings is 1. The van der Waals surface area contributed by atoms with Crippen LogP contribution in [0.15, 0.2) is 23.7 Å². The fraction of sp³-hybridized carbons (Fsp3) is 0.400. The van der Waals surface area contributed by atoms with Gasteiger partial charge in [-0.15, -0.1) is 11.3 Å². The van der Waals surface area contributed by atoms with Crippen molar-refractivity contribution in [2.24, 2.45) is 5.92 Å². The first kappa shape index (κ1) is 18.6. The summed E-state index contributed by atoms with van der Waals surface area (Å²) < 4.78 is 0. The second-order valence-electron chi connectivity index (χ2n) is 7.37. The van der Waals surface area contributed by atoms with Crippen molar-refractivity contribution in [3.8, 4) is 12.1 Å². The number of thiophene rings is 1. The van der Waals surface area contributed by atoms with Crippen molar-refractivity contribution in [1.29, 1.82) is 10.5 Å². The van der Waals surface area contributed by atoms with Crippen molar-refractivity contribution in [2.45, 2.75) is 44.3 Å². The van der Waals surface area contributed by atoms with Crippen LogP contribution >= 0.6 is 11.3 Å². The predicted molar refractivity (Wildman–Crippen MR) is 104 cm³/mol. The molecule has 1 amide bonds. The van der Waals surface area contributed by atoms with Crippen molar-refractivity contribution in [3.05, 3.63) is 51.0 Å². The maximum Gasteiger partial charge on any atom is 0.270 e. The smallest absolute Gasteiger partial charge is 0.270 e. The van der Waals surface area contributed by atoms with E-state index in [-0.39, 0.29) is 18.0 Å². The van der Waals surface area contributed by atoms with Crippen LogP contribution in [0, 0.1) is 35.5 Å². The van der Waals surface area contributed by atoms with Crippen molar-refractivity contribution < 1.29 is 4.79 Å². The van der Waals surface area contributed by atoms with E-state index in [1.54, 1.807) is 24.3 Å². The monoisotopic (exact) mass is 392 g/mol. The second-order valence-corrected chi connectivity index (χ2v) is 8.31. The number of fused-ring (bicyclic) bond motifs is 1. The molecule has 0 radical (unpaired) electrons. The summed E-state index contributed by atoms with van der Waals surface area (Å²) in [5.74, 6) is 0.156. The van der Waals surface area contributed by atoms with Gasteiger partial charge in [0, 0.05) is 28.5 Å². The minimum atomic E-state index is -0.191. The molecule has 1 aliphatic carbocycles. The minimum Gasteiger partial charge on any atom is -0.348 e. The molecule has 0 aromatic carbocycles. The number of carbonyl (C=O) groups excluding carboxylic acids is 1. The van der Waals surface area contributed by atoms with E-state index in [1.165, 1.54) is 6.20 Å². The molecule has 2 fully saturated rings. The molecule has 0 spiro atoms. The van der Waals surface area contributed by atoms with Crippen LogP contribution in [0.5, 0.6) is 0 Å². The lowest BCUT2D eigenvalue weighted by molar-refractivity contribution is 0.0909. The number of nitrogens with one attached hydrogen (secondary N) is 3. The topological polar surface area (TPSA) is 114 Å². The first-order valence-electron chi connectivity index (χ1n) is 9.26. The van der Waals surface area contributed by atoms with E-state index in [1.807, 2.05) is 17.5 Å². The third-order valence-corrected chi connectivity index (χ3v) is 6.58. The number of aryl methyl sites for hydroxylation is 1. The van der Waals surface area contributed by atoms with E-state index in [2.05, 4.69) is 27.2 Å². The Kier molecular flexibility index (Phi) is 5.10. The van der Waals surface area contributed by atoms with Gasteiger partial charge in [0.15, 0.2) is 0 Å². The van der Waals surface area contributed by atoms with Crippen molar-refractivity contribution in [3.63, 3.8) is 0 Å². The summed E-state index contributed by atoms with van der Waals surface area (Å²) >= 11 is 1.60. The zero-order chi connectivity index (χ0) is 19.7. The fourth-order valence-electron chi connectivity index (χ4n) is 4.17. The normalized spacial score (nSPS) is 26.1. The molecule has 3 heterocycles. The van der Waals surface area contributed by atoms with Crippen molar-refractivity contribution >= 4 is 17.2 Å². The van der Waals surface area contributed by atoms with Gasteiger partial charge in [-0.25, -0.2) is 10.4 Å². The van der Waals surface area contributed by atoms with Crippen molar-refractivity contribution in [1.82, 2.24) is 21.2 Å². The van der Waals surface area contributed by atoms with Gasteiger partial charge in [-0.1, -0.05) is 0 Å². The number of hydrazine groups is 1. The number of aromatic nitrogens is 1. The maximum absolute atomic E-state index is 12.7. The molecule has 3 N–H and O–H groups in total. The zero-order valence-electron chi connectivity index (χ0n) is 15.4. The van der Waals surface area contributed by atoms with E-state index in [4.69, 9.17) is 10.5 Å². The van der Waals surface area contributed by atoms with Crippen LogP contribution in [-0.4, -0.2) is 23.0 Å². The van der Waals surface area contributed by atoms with Gasteiger partial charge in [0.05, 0.1) is 17.2 Å². The van der Waals surface area contributed by atoms with Crippen LogP contribution in [-0.2, 0) is 0 Å². The molecule has 8 heteroatoms. The van der Waals surface area contributed by atoms with Crippen LogP contribution in [0.3, 0.4) is 0 Å². The van der Waals surface area contributed by atoms with Gasteiger partial charge in [-0.05, 0) is 49.8 Å². The Bertz CT molecular complexity index is 987. The number of nitrogens with zero attached hydrogens (tertiary/aromatic N) is 3. The molecule has 4 atom stereocenters. The lowest BCUT2D eigenvalue weighted by Gasteiger charge is -2.33. The highest BCUT2D eigenvalue weighted by Gasteiger charge is 2.42. The molecule has 1 saturated heterocycles. The predicted octanol–water partition coefficient (Wildman–Crippen LogP) is 2.31. The summed E-state index contributed by atoms with van der Waals surface area (Å²) in [7, 11) is 0. The van der Waals surface area contributed by atoms with Crippen LogP contribution in [0.4, 0.5) is 0 Å². The van der Waals surface area contributed by atoms with Gasteiger partial charge in [0.25, 0.3) is 5.91 Å². The number of nitriles is 2. The Balaban J connectivity index is 1.45. The molecular weight excluding hydrogens is 372 g/mol. The summed E-state index contributed by atoms with van der Waals surface area (Å²) in [6.45, 7) is 1.80. The van der Waals surface area contributed by atoms with Crippen LogP contribution < -0.4 is 16.2 Å². The van der Waals surface area contributed by atoms with E-state index < -0.39 is 0 Å². The highest BCUT2D eigenvalue weighted by molar-refractivity contribution is 7.10. The van der Waals surface area contributed by atoms with Crippen LogP contribution in [0.2, 0.25) is 0 Å². The molecule has 142 valence electrons. The minimum absolute atomic E-state index is 0.0743. The number of carbonyl (C=O) groups is 1. The first-order valence-corrected chi connectivity index (χ1v) is 10.1. The van der Waals surface area contributed by atoms with Gasteiger partial charge < -0.3 is 5.32 Å². The number of amides is 1. The van der Waals surface area contributed by atoms with Crippen LogP contribution in [0.1, 0.15) is 57.4 Å². The highest BCUT2D eigenvalue weighted by Crippen LogP contribution is 2.40. The average molecular weight is 392 g/mol. The molecular formula is C20H20N6OS.